The van der Waals surface area contributed by atoms with Crippen molar-refractivity contribution in [3.8, 4) is 0 Å². The Bertz CT molecular complexity index is 441. The molecule has 1 aliphatic rings. The molecule has 0 aromatic heterocycles. The van der Waals surface area contributed by atoms with Crippen LogP contribution in [0.2, 0.25) is 0 Å². The van der Waals surface area contributed by atoms with E-state index in [1.54, 1.807) is 0 Å². The van der Waals surface area contributed by atoms with Crippen LogP contribution in [0, 0.1) is 12.8 Å². The number of aryl methyl sites for hydroxylation is 1. The molecule has 1 aromatic carbocycles. The molecule has 0 amide bonds. The van der Waals surface area contributed by atoms with Crippen LogP contribution in [0.25, 0.3) is 0 Å². The maximum absolute atomic E-state index is 12.4. The monoisotopic (exact) mass is 261 g/mol. The summed E-state index contributed by atoms with van der Waals surface area (Å²) in [5, 5.41) is 9.75. The summed E-state index contributed by atoms with van der Waals surface area (Å²) in [7, 11) is 0. The van der Waals surface area contributed by atoms with Gasteiger partial charge in [-0.1, -0.05) is 36.8 Å². The second kappa shape index (κ2) is 5.85. The number of likely N-dealkylation sites (tertiary alicyclic amines) is 1. The van der Waals surface area contributed by atoms with E-state index in [0.29, 0.717) is 0 Å². The molecule has 3 atom stereocenters. The molecule has 3 heteroatoms. The largest absolute Gasteiger partial charge is 0.393 e. The van der Waals surface area contributed by atoms with Gasteiger partial charge in [-0.25, -0.2) is 0 Å². The number of nitrogens with zero attached hydrogens (tertiary/aromatic N) is 1. The van der Waals surface area contributed by atoms with Crippen LogP contribution >= 0.6 is 0 Å². The van der Waals surface area contributed by atoms with Crippen molar-refractivity contribution >= 4 is 5.78 Å². The summed E-state index contributed by atoms with van der Waals surface area (Å²) >= 11 is 0. The molecule has 0 radical (unpaired) electrons. The number of aliphatic hydroxyl groups is 1. The molecule has 0 spiro atoms. The Kier molecular flexibility index (Phi) is 4.38. The lowest BCUT2D eigenvalue weighted by molar-refractivity contribution is 0.0205. The van der Waals surface area contributed by atoms with Gasteiger partial charge in [-0.2, -0.15) is 0 Å². The Labute approximate surface area is 115 Å². The summed E-state index contributed by atoms with van der Waals surface area (Å²) in [4.78, 5) is 14.6. The van der Waals surface area contributed by atoms with Crippen LogP contribution in [0.4, 0.5) is 0 Å². The number of hydrogen-bond donors (Lipinski definition) is 1. The summed E-state index contributed by atoms with van der Waals surface area (Å²) in [6.07, 6.45) is 0.532. The van der Waals surface area contributed by atoms with Gasteiger partial charge >= 0.3 is 0 Å². The fraction of sp³-hybridized carbons (Fsp3) is 0.562. The van der Waals surface area contributed by atoms with Gasteiger partial charge in [0.05, 0.1) is 12.1 Å². The highest BCUT2D eigenvalue weighted by molar-refractivity contribution is 5.99. The van der Waals surface area contributed by atoms with Crippen molar-refractivity contribution in [3.63, 3.8) is 0 Å². The SMILES string of the molecule is Cc1ccc(C(=O)C(C)N2CCC(O)C(C)C2)cc1. The van der Waals surface area contributed by atoms with E-state index in [0.717, 1.165) is 25.1 Å². The summed E-state index contributed by atoms with van der Waals surface area (Å²) in [6, 6.07) is 7.63. The molecule has 1 saturated heterocycles. The van der Waals surface area contributed by atoms with Gasteiger partial charge in [-0.15, -0.1) is 0 Å². The quantitative estimate of drug-likeness (QED) is 0.849. The highest BCUT2D eigenvalue weighted by Gasteiger charge is 2.30. The minimum Gasteiger partial charge on any atom is -0.393 e. The topological polar surface area (TPSA) is 40.5 Å². The second-order valence-corrected chi connectivity index (χ2v) is 5.73. The molecule has 3 nitrogen and oxygen atoms in total. The van der Waals surface area contributed by atoms with Crippen LogP contribution in [0.5, 0.6) is 0 Å². The van der Waals surface area contributed by atoms with Gasteiger partial charge in [0, 0.05) is 18.7 Å². The molecular weight excluding hydrogens is 238 g/mol. The smallest absolute Gasteiger partial charge is 0.179 e. The first-order chi connectivity index (χ1) is 8.99. The number of carbonyl (C=O) groups excluding carboxylic acids is 1. The van der Waals surface area contributed by atoms with Gasteiger partial charge in [0.2, 0.25) is 0 Å². The zero-order chi connectivity index (χ0) is 14.0. The summed E-state index contributed by atoms with van der Waals surface area (Å²) in [5.41, 5.74) is 1.94. The Hall–Kier alpha value is -1.19. The van der Waals surface area contributed by atoms with Crippen LogP contribution in [0.3, 0.4) is 0 Å². The lowest BCUT2D eigenvalue weighted by Gasteiger charge is -2.37. The molecule has 0 aliphatic carbocycles. The number of carbonyl (C=O) groups is 1. The van der Waals surface area contributed by atoms with Gasteiger partial charge in [0.25, 0.3) is 0 Å². The van der Waals surface area contributed by atoms with E-state index in [-0.39, 0.29) is 23.8 Å². The van der Waals surface area contributed by atoms with E-state index < -0.39 is 0 Å². The van der Waals surface area contributed by atoms with Crippen molar-refractivity contribution in [2.24, 2.45) is 5.92 Å². The molecule has 2 rings (SSSR count). The molecule has 0 saturated carbocycles. The van der Waals surface area contributed by atoms with Gasteiger partial charge in [-0.05, 0) is 26.2 Å². The van der Waals surface area contributed by atoms with Crippen molar-refractivity contribution in [2.75, 3.05) is 13.1 Å². The van der Waals surface area contributed by atoms with Gasteiger partial charge < -0.3 is 5.11 Å². The minimum absolute atomic E-state index is 0.113. The number of Topliss-reactive ketones (excluding diaryl/α,β-unsaturated/α-hetero) is 1. The van der Waals surface area contributed by atoms with E-state index in [1.165, 1.54) is 5.56 Å². The highest BCUT2D eigenvalue weighted by atomic mass is 16.3. The minimum atomic E-state index is -0.224. The van der Waals surface area contributed by atoms with Crippen LogP contribution in [0.15, 0.2) is 24.3 Å². The normalized spacial score (nSPS) is 26.1. The zero-order valence-electron chi connectivity index (χ0n) is 12.0. The van der Waals surface area contributed by atoms with Crippen molar-refractivity contribution in [2.45, 2.75) is 39.3 Å². The van der Waals surface area contributed by atoms with Crippen LogP contribution < -0.4 is 0 Å². The van der Waals surface area contributed by atoms with Gasteiger partial charge in [0.1, 0.15) is 0 Å². The Morgan fingerprint density at radius 1 is 1.37 bits per heavy atom. The first kappa shape index (κ1) is 14.2. The van der Waals surface area contributed by atoms with Crippen LogP contribution in [0.1, 0.15) is 36.2 Å². The zero-order valence-corrected chi connectivity index (χ0v) is 12.0. The molecule has 1 aromatic rings. The number of aliphatic hydroxyl groups excluding tert-OH is 1. The fourth-order valence-corrected chi connectivity index (χ4v) is 2.64. The molecule has 1 aliphatic heterocycles. The molecule has 1 N–H and O–H groups in total. The molecule has 1 fully saturated rings. The van der Waals surface area contributed by atoms with E-state index in [2.05, 4.69) is 4.90 Å². The standard InChI is InChI=1S/C16H23NO2/c1-11-4-6-14(7-5-11)16(19)13(3)17-9-8-15(18)12(2)10-17/h4-7,12-13,15,18H,8-10H2,1-3H3. The predicted octanol–water partition coefficient (Wildman–Crippen LogP) is 2.27. The van der Waals surface area contributed by atoms with Crippen molar-refractivity contribution < 1.29 is 9.90 Å². The van der Waals surface area contributed by atoms with Gasteiger partial charge in [-0.3, -0.25) is 9.69 Å². The molecule has 3 unspecified atom stereocenters. The lowest BCUT2D eigenvalue weighted by Crippen LogP contribution is -2.48. The molecule has 104 valence electrons. The average molecular weight is 261 g/mol. The number of benzene rings is 1. The van der Waals surface area contributed by atoms with Gasteiger partial charge in [0.15, 0.2) is 5.78 Å². The van der Waals surface area contributed by atoms with E-state index >= 15 is 0 Å². The third-order valence-corrected chi connectivity index (χ3v) is 4.15. The summed E-state index contributed by atoms with van der Waals surface area (Å²) < 4.78 is 0. The number of ketones is 1. The predicted molar refractivity (Wildman–Crippen MR) is 76.3 cm³/mol. The third kappa shape index (κ3) is 3.23. The number of piperidine rings is 1. The first-order valence-electron chi connectivity index (χ1n) is 7.02. The summed E-state index contributed by atoms with van der Waals surface area (Å²) in [5.74, 6) is 0.408. The first-order valence-corrected chi connectivity index (χ1v) is 7.02. The Balaban J connectivity index is 2.05. The highest BCUT2D eigenvalue weighted by Crippen LogP contribution is 2.20. The van der Waals surface area contributed by atoms with Crippen LogP contribution in [-0.4, -0.2) is 41.0 Å². The maximum atomic E-state index is 12.4. The van der Waals surface area contributed by atoms with Crippen molar-refractivity contribution in [1.29, 1.82) is 0 Å². The average Bonchev–Trinajstić information content (AvgIpc) is 2.41. The van der Waals surface area contributed by atoms with E-state index in [1.807, 2.05) is 45.0 Å². The van der Waals surface area contributed by atoms with Crippen molar-refractivity contribution in [3.05, 3.63) is 35.4 Å². The van der Waals surface area contributed by atoms with Crippen molar-refractivity contribution in [1.82, 2.24) is 4.90 Å². The number of hydrogen-bond acceptors (Lipinski definition) is 3. The molecule has 19 heavy (non-hydrogen) atoms. The third-order valence-electron chi connectivity index (χ3n) is 4.15. The summed E-state index contributed by atoms with van der Waals surface area (Å²) in [6.45, 7) is 7.61. The molecular formula is C16H23NO2. The lowest BCUT2D eigenvalue weighted by atomic mass is 9.94. The molecule has 0 bridgehead atoms. The van der Waals surface area contributed by atoms with E-state index in [9.17, 15) is 9.90 Å². The second-order valence-electron chi connectivity index (χ2n) is 5.73. The molecule has 1 heterocycles. The van der Waals surface area contributed by atoms with E-state index in [4.69, 9.17) is 0 Å². The van der Waals surface area contributed by atoms with Crippen LogP contribution in [-0.2, 0) is 0 Å². The Morgan fingerprint density at radius 2 is 2.00 bits per heavy atom. The Morgan fingerprint density at radius 3 is 2.58 bits per heavy atom. The fourth-order valence-electron chi connectivity index (χ4n) is 2.64. The maximum Gasteiger partial charge on any atom is 0.179 e. The number of rotatable bonds is 3.